The summed E-state index contributed by atoms with van der Waals surface area (Å²) >= 11 is 0. The second kappa shape index (κ2) is 7.26. The van der Waals surface area contributed by atoms with Crippen LogP contribution < -0.4 is 11.2 Å². The number of aromatic nitrogens is 2. The Morgan fingerprint density at radius 3 is 2.78 bits per heavy atom. The molecule has 8 heteroatoms. The highest BCUT2D eigenvalue weighted by Gasteiger charge is 2.24. The highest BCUT2D eigenvalue weighted by molar-refractivity contribution is 5.76. The predicted molar refractivity (Wildman–Crippen MR) is 82.1 cm³/mol. The van der Waals surface area contributed by atoms with Gasteiger partial charge in [0.25, 0.3) is 5.56 Å². The fraction of sp³-hybridized carbons (Fsp3) is 0.600. The fourth-order valence-corrected chi connectivity index (χ4v) is 2.84. The summed E-state index contributed by atoms with van der Waals surface area (Å²) in [5.74, 6) is -0.836. The Bertz CT molecular complexity index is 706. The van der Waals surface area contributed by atoms with Crippen LogP contribution in [0.1, 0.15) is 25.7 Å². The average Bonchev–Trinajstić information content (AvgIpc) is 2.53. The molecule has 2 heterocycles. The summed E-state index contributed by atoms with van der Waals surface area (Å²) in [6.45, 7) is 1.02. The van der Waals surface area contributed by atoms with Gasteiger partial charge in [-0.1, -0.05) is 0 Å². The number of hydrogen-bond acceptors (Lipinski definition) is 4. The minimum absolute atomic E-state index is 0.104. The number of nitrogens with zero attached hydrogens (tertiary/aromatic N) is 3. The van der Waals surface area contributed by atoms with Gasteiger partial charge >= 0.3 is 11.7 Å². The monoisotopic (exact) mass is 323 g/mol. The SMILES string of the molecule is Cn1c(=O)ccn(CC(=O)N2CCC[C@H](CCC(=O)O)C2)c1=O. The molecule has 8 nitrogen and oxygen atoms in total. The molecular formula is C15H21N3O5. The molecule has 0 unspecified atom stereocenters. The number of aliphatic carboxylic acids is 1. The van der Waals surface area contributed by atoms with Crippen molar-refractivity contribution in [1.29, 1.82) is 0 Å². The molecule has 1 saturated heterocycles. The quantitative estimate of drug-likeness (QED) is 0.798. The number of likely N-dealkylation sites (tertiary alicyclic amines) is 1. The number of hydrogen-bond donors (Lipinski definition) is 1. The van der Waals surface area contributed by atoms with Crippen LogP contribution in [0.3, 0.4) is 0 Å². The Morgan fingerprint density at radius 2 is 2.09 bits per heavy atom. The number of rotatable bonds is 5. The van der Waals surface area contributed by atoms with Crippen LogP contribution in [0.25, 0.3) is 0 Å². The first-order chi connectivity index (χ1) is 10.9. The van der Waals surface area contributed by atoms with Gasteiger partial charge in [-0.05, 0) is 25.2 Å². The van der Waals surface area contributed by atoms with Crippen LogP contribution in [0, 0.1) is 5.92 Å². The van der Waals surface area contributed by atoms with Crippen molar-refractivity contribution in [3.63, 3.8) is 0 Å². The lowest BCUT2D eigenvalue weighted by molar-refractivity contribution is -0.137. The summed E-state index contributed by atoms with van der Waals surface area (Å²) in [4.78, 5) is 48.0. The van der Waals surface area contributed by atoms with E-state index >= 15 is 0 Å². The molecule has 0 aliphatic carbocycles. The molecule has 1 aliphatic rings. The van der Waals surface area contributed by atoms with Crippen molar-refractivity contribution in [2.75, 3.05) is 13.1 Å². The molecule has 1 aromatic heterocycles. The molecule has 1 amide bonds. The summed E-state index contributed by atoms with van der Waals surface area (Å²) < 4.78 is 2.17. The van der Waals surface area contributed by atoms with E-state index in [0.29, 0.717) is 19.5 Å². The molecule has 0 saturated carbocycles. The van der Waals surface area contributed by atoms with E-state index in [-0.39, 0.29) is 24.8 Å². The third-order valence-corrected chi connectivity index (χ3v) is 4.20. The standard InChI is InChI=1S/C15H21N3O5/c1-16-12(19)6-8-18(15(16)23)10-13(20)17-7-2-3-11(9-17)4-5-14(21)22/h6,8,11H,2-5,7,9-10H2,1H3,(H,21,22)/t11-/m1/s1. The van der Waals surface area contributed by atoms with Crippen LogP contribution in [0.2, 0.25) is 0 Å². The van der Waals surface area contributed by atoms with Gasteiger partial charge in [-0.15, -0.1) is 0 Å². The van der Waals surface area contributed by atoms with Crippen molar-refractivity contribution in [1.82, 2.24) is 14.0 Å². The Labute approximate surface area is 132 Å². The van der Waals surface area contributed by atoms with Gasteiger partial charge in [0.1, 0.15) is 6.54 Å². The number of carbonyl (C=O) groups excluding carboxylic acids is 1. The van der Waals surface area contributed by atoms with Gasteiger partial charge in [0.15, 0.2) is 0 Å². The van der Waals surface area contributed by atoms with E-state index in [1.54, 1.807) is 4.90 Å². The van der Waals surface area contributed by atoms with Gasteiger partial charge in [0.05, 0.1) is 0 Å². The lowest BCUT2D eigenvalue weighted by Gasteiger charge is -2.32. The third-order valence-electron chi connectivity index (χ3n) is 4.20. The number of piperidine rings is 1. The minimum atomic E-state index is -0.829. The van der Waals surface area contributed by atoms with Crippen LogP contribution in [0.5, 0.6) is 0 Å². The molecule has 126 valence electrons. The van der Waals surface area contributed by atoms with Gasteiger partial charge in [-0.2, -0.15) is 0 Å². The zero-order valence-electron chi connectivity index (χ0n) is 13.1. The molecule has 0 aromatic carbocycles. The van der Waals surface area contributed by atoms with Crippen molar-refractivity contribution in [2.24, 2.45) is 13.0 Å². The van der Waals surface area contributed by atoms with Crippen LogP contribution in [-0.2, 0) is 23.2 Å². The van der Waals surface area contributed by atoms with E-state index in [9.17, 15) is 19.2 Å². The molecule has 1 fully saturated rings. The van der Waals surface area contributed by atoms with Crippen LogP contribution in [0.4, 0.5) is 0 Å². The van der Waals surface area contributed by atoms with E-state index < -0.39 is 17.2 Å². The van der Waals surface area contributed by atoms with Gasteiger partial charge in [0, 0.05) is 38.8 Å². The molecule has 23 heavy (non-hydrogen) atoms. The molecule has 0 radical (unpaired) electrons. The number of carboxylic acid groups (broad SMARTS) is 1. The maximum atomic E-state index is 12.4. The highest BCUT2D eigenvalue weighted by atomic mass is 16.4. The van der Waals surface area contributed by atoms with Crippen LogP contribution in [-0.4, -0.2) is 44.1 Å². The van der Waals surface area contributed by atoms with E-state index in [4.69, 9.17) is 5.11 Å². The second-order valence-electron chi connectivity index (χ2n) is 5.90. The zero-order chi connectivity index (χ0) is 17.0. The first-order valence-corrected chi connectivity index (χ1v) is 7.64. The molecular weight excluding hydrogens is 302 g/mol. The van der Waals surface area contributed by atoms with Crippen molar-refractivity contribution in [2.45, 2.75) is 32.2 Å². The third kappa shape index (κ3) is 4.30. The normalized spacial score (nSPS) is 18.0. The maximum Gasteiger partial charge on any atom is 0.331 e. The van der Waals surface area contributed by atoms with E-state index in [0.717, 1.165) is 17.4 Å². The summed E-state index contributed by atoms with van der Waals surface area (Å²) in [6.07, 6.45) is 3.73. The second-order valence-corrected chi connectivity index (χ2v) is 5.90. The summed E-state index contributed by atoms with van der Waals surface area (Å²) in [5, 5.41) is 8.75. The molecule has 0 spiro atoms. The average molecular weight is 323 g/mol. The molecule has 2 rings (SSSR count). The molecule has 0 bridgehead atoms. The van der Waals surface area contributed by atoms with E-state index in [1.165, 1.54) is 23.9 Å². The molecule has 1 aliphatic heterocycles. The van der Waals surface area contributed by atoms with Gasteiger partial charge in [-0.3, -0.25) is 23.5 Å². The van der Waals surface area contributed by atoms with E-state index in [1.807, 2.05) is 0 Å². The highest BCUT2D eigenvalue weighted by Crippen LogP contribution is 2.21. The Balaban J connectivity index is 2.00. The number of carboxylic acids is 1. The summed E-state index contributed by atoms with van der Waals surface area (Å²) in [5.41, 5.74) is -0.935. The zero-order valence-corrected chi connectivity index (χ0v) is 13.1. The smallest absolute Gasteiger partial charge is 0.331 e. The summed E-state index contributed by atoms with van der Waals surface area (Å²) in [6, 6.07) is 1.25. The lowest BCUT2D eigenvalue weighted by Crippen LogP contribution is -2.44. The van der Waals surface area contributed by atoms with Crippen LogP contribution in [0.15, 0.2) is 21.9 Å². The van der Waals surface area contributed by atoms with Crippen LogP contribution >= 0.6 is 0 Å². The first-order valence-electron chi connectivity index (χ1n) is 7.64. The van der Waals surface area contributed by atoms with Gasteiger partial charge in [-0.25, -0.2) is 4.79 Å². The number of amides is 1. The predicted octanol–water partition coefficient (Wildman–Crippen LogP) is -0.350. The first kappa shape index (κ1) is 17.0. The fourth-order valence-electron chi connectivity index (χ4n) is 2.84. The van der Waals surface area contributed by atoms with Gasteiger partial charge in [0.2, 0.25) is 5.91 Å². The van der Waals surface area contributed by atoms with Crippen molar-refractivity contribution < 1.29 is 14.7 Å². The number of carbonyl (C=O) groups is 2. The Hall–Kier alpha value is -2.38. The maximum absolute atomic E-state index is 12.4. The molecule has 1 atom stereocenters. The minimum Gasteiger partial charge on any atom is -0.481 e. The largest absolute Gasteiger partial charge is 0.481 e. The topological polar surface area (TPSA) is 102 Å². The van der Waals surface area contributed by atoms with E-state index in [2.05, 4.69) is 0 Å². The van der Waals surface area contributed by atoms with Crippen molar-refractivity contribution in [3.8, 4) is 0 Å². The molecule has 1 N–H and O–H groups in total. The van der Waals surface area contributed by atoms with Crippen molar-refractivity contribution in [3.05, 3.63) is 33.1 Å². The Morgan fingerprint density at radius 1 is 1.35 bits per heavy atom. The van der Waals surface area contributed by atoms with Crippen molar-refractivity contribution >= 4 is 11.9 Å². The molecule has 1 aromatic rings. The Kier molecular flexibility index (Phi) is 5.36. The lowest BCUT2D eigenvalue weighted by atomic mass is 9.93. The van der Waals surface area contributed by atoms with Gasteiger partial charge < -0.3 is 10.0 Å². The summed E-state index contributed by atoms with van der Waals surface area (Å²) in [7, 11) is 1.37.